The minimum Gasteiger partial charge on any atom is -0.439 e. The highest BCUT2D eigenvalue weighted by atomic mass is 35.5. The van der Waals surface area contributed by atoms with Crippen LogP contribution in [0.3, 0.4) is 0 Å². The molecule has 2 aromatic rings. The number of rotatable bonds is 3. The van der Waals surface area contributed by atoms with Crippen molar-refractivity contribution in [1.29, 1.82) is 0 Å². The van der Waals surface area contributed by atoms with Crippen molar-refractivity contribution in [2.75, 3.05) is 0 Å². The summed E-state index contributed by atoms with van der Waals surface area (Å²) in [6, 6.07) is 3.23. The SMILES string of the molecule is CC(Cl)c1ncc(-c2ccc(F)cc2[N+](=O)[O-])o1. The van der Waals surface area contributed by atoms with Gasteiger partial charge in [-0.2, -0.15) is 0 Å². The number of hydrogen-bond donors (Lipinski definition) is 0. The molecule has 0 N–H and O–H groups in total. The molecule has 1 aromatic heterocycles. The van der Waals surface area contributed by atoms with Crippen LogP contribution in [0.2, 0.25) is 0 Å². The molecule has 1 atom stereocenters. The Kier molecular flexibility index (Phi) is 3.29. The van der Waals surface area contributed by atoms with Crippen LogP contribution < -0.4 is 0 Å². The topological polar surface area (TPSA) is 69.2 Å². The highest BCUT2D eigenvalue weighted by Crippen LogP contribution is 2.32. The van der Waals surface area contributed by atoms with Crippen molar-refractivity contribution < 1.29 is 13.7 Å². The number of alkyl halides is 1. The predicted molar refractivity (Wildman–Crippen MR) is 62.8 cm³/mol. The van der Waals surface area contributed by atoms with Gasteiger partial charge in [-0.1, -0.05) is 0 Å². The fourth-order valence-electron chi connectivity index (χ4n) is 1.46. The average molecular weight is 271 g/mol. The molecule has 18 heavy (non-hydrogen) atoms. The Hall–Kier alpha value is -1.95. The second kappa shape index (κ2) is 4.73. The first kappa shape index (κ1) is 12.5. The molecular weight excluding hydrogens is 263 g/mol. The maximum atomic E-state index is 13.0. The maximum Gasteiger partial charge on any atom is 0.283 e. The van der Waals surface area contributed by atoms with Gasteiger partial charge < -0.3 is 4.42 Å². The van der Waals surface area contributed by atoms with Crippen molar-refractivity contribution in [2.45, 2.75) is 12.3 Å². The molecule has 1 aromatic carbocycles. The van der Waals surface area contributed by atoms with Crippen molar-refractivity contribution in [3.05, 3.63) is 46.2 Å². The first-order valence-corrected chi connectivity index (χ1v) is 5.47. The van der Waals surface area contributed by atoms with Crippen molar-refractivity contribution in [3.63, 3.8) is 0 Å². The highest BCUT2D eigenvalue weighted by Gasteiger charge is 2.20. The van der Waals surface area contributed by atoms with Crippen LogP contribution in [-0.2, 0) is 0 Å². The lowest BCUT2D eigenvalue weighted by Crippen LogP contribution is -1.92. The van der Waals surface area contributed by atoms with Crippen LogP contribution in [0.1, 0.15) is 18.2 Å². The first-order valence-electron chi connectivity index (χ1n) is 5.03. The molecule has 0 saturated carbocycles. The van der Waals surface area contributed by atoms with Crippen LogP contribution in [0.25, 0.3) is 11.3 Å². The van der Waals surface area contributed by atoms with Crippen molar-refractivity contribution in [3.8, 4) is 11.3 Å². The van der Waals surface area contributed by atoms with E-state index in [-0.39, 0.29) is 22.9 Å². The minimum absolute atomic E-state index is 0.164. The number of aromatic nitrogens is 1. The van der Waals surface area contributed by atoms with E-state index in [0.717, 1.165) is 12.1 Å². The summed E-state index contributed by atoms with van der Waals surface area (Å²) in [4.78, 5) is 14.1. The number of halogens is 2. The molecule has 0 aliphatic carbocycles. The first-order chi connectivity index (χ1) is 8.49. The summed E-state index contributed by atoms with van der Waals surface area (Å²) >= 11 is 5.78. The monoisotopic (exact) mass is 270 g/mol. The number of hydrogen-bond acceptors (Lipinski definition) is 4. The third-order valence-corrected chi connectivity index (χ3v) is 2.47. The zero-order valence-electron chi connectivity index (χ0n) is 9.26. The van der Waals surface area contributed by atoms with E-state index >= 15 is 0 Å². The van der Waals surface area contributed by atoms with Crippen LogP contribution in [0.4, 0.5) is 10.1 Å². The van der Waals surface area contributed by atoms with Crippen molar-refractivity contribution >= 4 is 17.3 Å². The van der Waals surface area contributed by atoms with E-state index in [2.05, 4.69) is 4.98 Å². The molecule has 7 heteroatoms. The second-order valence-electron chi connectivity index (χ2n) is 3.60. The van der Waals surface area contributed by atoms with E-state index in [1.165, 1.54) is 12.3 Å². The number of benzene rings is 1. The molecule has 0 bridgehead atoms. The molecule has 94 valence electrons. The Morgan fingerprint density at radius 3 is 2.83 bits per heavy atom. The van der Waals surface area contributed by atoms with E-state index < -0.39 is 16.1 Å². The Balaban J connectivity index is 2.52. The molecule has 5 nitrogen and oxygen atoms in total. The van der Waals surface area contributed by atoms with E-state index in [1.54, 1.807) is 6.92 Å². The maximum absolute atomic E-state index is 13.0. The van der Waals surface area contributed by atoms with Crippen LogP contribution in [0.5, 0.6) is 0 Å². The third-order valence-electron chi connectivity index (χ3n) is 2.29. The van der Waals surface area contributed by atoms with Crippen LogP contribution in [-0.4, -0.2) is 9.91 Å². The fraction of sp³-hybridized carbons (Fsp3) is 0.182. The molecule has 0 spiro atoms. The molecule has 0 radical (unpaired) electrons. The number of oxazole rings is 1. The van der Waals surface area contributed by atoms with Gasteiger partial charge in [0.25, 0.3) is 5.69 Å². The summed E-state index contributed by atoms with van der Waals surface area (Å²) in [5, 5.41) is 10.4. The number of nitrogens with zero attached hydrogens (tertiary/aromatic N) is 2. The summed E-state index contributed by atoms with van der Waals surface area (Å²) in [6.45, 7) is 1.66. The Morgan fingerprint density at radius 1 is 1.56 bits per heavy atom. The molecule has 0 fully saturated rings. The van der Waals surface area contributed by atoms with Gasteiger partial charge in [-0.15, -0.1) is 11.6 Å². The summed E-state index contributed by atoms with van der Waals surface area (Å²) in [6.07, 6.45) is 1.33. The zero-order chi connectivity index (χ0) is 13.3. The molecular formula is C11H8ClFN2O3. The summed E-state index contributed by atoms with van der Waals surface area (Å²) in [5.74, 6) is -0.245. The van der Waals surface area contributed by atoms with Gasteiger partial charge in [0.1, 0.15) is 11.2 Å². The van der Waals surface area contributed by atoms with Crippen LogP contribution >= 0.6 is 11.6 Å². The average Bonchev–Trinajstić information content (AvgIpc) is 2.78. The highest BCUT2D eigenvalue weighted by molar-refractivity contribution is 6.20. The van der Waals surface area contributed by atoms with Gasteiger partial charge in [0, 0.05) is 0 Å². The van der Waals surface area contributed by atoms with Crippen molar-refractivity contribution in [1.82, 2.24) is 4.98 Å². The van der Waals surface area contributed by atoms with Gasteiger partial charge in [0.15, 0.2) is 5.76 Å². The summed E-state index contributed by atoms with van der Waals surface area (Å²) < 4.78 is 18.3. The Labute approximate surface area is 106 Å². The van der Waals surface area contributed by atoms with Gasteiger partial charge in [0.2, 0.25) is 5.89 Å². The third kappa shape index (κ3) is 2.33. The molecule has 2 rings (SSSR count). The van der Waals surface area contributed by atoms with Gasteiger partial charge in [-0.25, -0.2) is 9.37 Å². The Bertz CT molecular complexity index is 598. The second-order valence-corrected chi connectivity index (χ2v) is 4.25. The zero-order valence-corrected chi connectivity index (χ0v) is 10.0. The molecule has 1 unspecified atom stereocenters. The fourth-order valence-corrected chi connectivity index (χ4v) is 1.56. The van der Waals surface area contributed by atoms with Gasteiger partial charge in [0.05, 0.1) is 22.7 Å². The largest absolute Gasteiger partial charge is 0.439 e. The lowest BCUT2D eigenvalue weighted by molar-refractivity contribution is -0.384. The van der Waals surface area contributed by atoms with E-state index in [1.807, 2.05) is 0 Å². The molecule has 0 saturated heterocycles. The normalized spacial score (nSPS) is 12.4. The van der Waals surface area contributed by atoms with E-state index in [4.69, 9.17) is 16.0 Å². The Morgan fingerprint density at radius 2 is 2.28 bits per heavy atom. The number of nitro groups is 1. The van der Waals surface area contributed by atoms with Crippen LogP contribution in [0, 0.1) is 15.9 Å². The predicted octanol–water partition coefficient (Wildman–Crippen LogP) is 3.69. The van der Waals surface area contributed by atoms with Gasteiger partial charge in [-0.3, -0.25) is 10.1 Å². The van der Waals surface area contributed by atoms with Crippen LogP contribution in [0.15, 0.2) is 28.8 Å². The van der Waals surface area contributed by atoms with Crippen molar-refractivity contribution in [2.24, 2.45) is 0 Å². The molecule has 0 aliphatic rings. The quantitative estimate of drug-likeness (QED) is 0.484. The summed E-state index contributed by atoms with van der Waals surface area (Å²) in [7, 11) is 0. The lowest BCUT2D eigenvalue weighted by atomic mass is 10.1. The minimum atomic E-state index is -0.684. The van der Waals surface area contributed by atoms with E-state index in [9.17, 15) is 14.5 Å². The molecule has 0 amide bonds. The summed E-state index contributed by atoms with van der Waals surface area (Å²) in [5.41, 5.74) is -0.211. The van der Waals surface area contributed by atoms with Gasteiger partial charge in [-0.05, 0) is 19.1 Å². The molecule has 1 heterocycles. The number of nitro benzene ring substituents is 1. The standard InChI is InChI=1S/C11H8ClFN2O3/c1-6(12)11-14-5-10(18-11)8-3-2-7(13)4-9(8)15(16)17/h2-6H,1H3. The lowest BCUT2D eigenvalue weighted by Gasteiger charge is -1.99. The molecule has 0 aliphatic heterocycles. The smallest absolute Gasteiger partial charge is 0.283 e. The van der Waals surface area contributed by atoms with E-state index in [0.29, 0.717) is 0 Å². The van der Waals surface area contributed by atoms with Gasteiger partial charge >= 0.3 is 0 Å².